The van der Waals surface area contributed by atoms with Gasteiger partial charge in [-0.15, -0.1) is 0 Å². The van der Waals surface area contributed by atoms with Crippen molar-refractivity contribution < 1.29 is 9.53 Å². The molecule has 0 N–H and O–H groups in total. The summed E-state index contributed by atoms with van der Waals surface area (Å²) in [6.45, 7) is 1.74. The van der Waals surface area contributed by atoms with Gasteiger partial charge < -0.3 is 4.74 Å². The predicted molar refractivity (Wildman–Crippen MR) is 50.7 cm³/mol. The molecule has 0 rings (SSSR count). The van der Waals surface area contributed by atoms with E-state index in [1.807, 2.05) is 0 Å². The molecule has 0 aromatic carbocycles. The fourth-order valence-corrected chi connectivity index (χ4v) is 1.03. The summed E-state index contributed by atoms with van der Waals surface area (Å²) in [5.41, 5.74) is 0. The number of hydrogen-bond donors (Lipinski definition) is 0. The number of carbonyl (C=O) groups excluding carboxylic acids is 1. The van der Waals surface area contributed by atoms with Crippen LogP contribution in [0.15, 0.2) is 0 Å². The first kappa shape index (κ1) is 12.3. The van der Waals surface area contributed by atoms with Crippen molar-refractivity contribution in [3.05, 3.63) is 0 Å². The second-order valence-corrected chi connectivity index (χ2v) is 5.09. The first-order chi connectivity index (χ1) is 5.37. The Morgan fingerprint density at radius 3 is 2.33 bits per heavy atom. The van der Waals surface area contributed by atoms with Crippen LogP contribution in [-0.2, 0) is 9.53 Å². The van der Waals surface area contributed by atoms with Crippen LogP contribution in [0.2, 0.25) is 0 Å². The van der Waals surface area contributed by atoms with Crippen LogP contribution in [0.3, 0.4) is 0 Å². The van der Waals surface area contributed by atoms with Crippen molar-refractivity contribution in [1.82, 2.24) is 0 Å². The van der Waals surface area contributed by atoms with E-state index in [0.29, 0.717) is 12.8 Å². The van der Waals surface area contributed by atoms with Crippen molar-refractivity contribution in [3.63, 3.8) is 0 Å². The minimum absolute atomic E-state index is 0.217. The lowest BCUT2D eigenvalue weighted by Crippen LogP contribution is -2.15. The first-order valence-corrected chi connectivity index (χ1v) is 4.65. The molecule has 0 heterocycles. The maximum Gasteiger partial charge on any atom is 0.308 e. The van der Waals surface area contributed by atoms with Gasteiger partial charge in [-0.05, 0) is 12.8 Å². The molecule has 0 aromatic rings. The van der Waals surface area contributed by atoms with Crippen molar-refractivity contribution in [2.75, 3.05) is 7.11 Å². The van der Waals surface area contributed by atoms with Gasteiger partial charge in [-0.3, -0.25) is 4.79 Å². The van der Waals surface area contributed by atoms with Gasteiger partial charge in [0.2, 0.25) is 0 Å². The third-order valence-corrected chi connectivity index (χ3v) is 2.03. The van der Waals surface area contributed by atoms with E-state index in [0.717, 1.165) is 0 Å². The Hall–Kier alpha value is 0.340. The molecule has 0 saturated carbocycles. The molecule has 0 bridgehead atoms. The SMILES string of the molecule is COC(=O)[C@@H](C)CCC(Cl)(Cl)Cl. The van der Waals surface area contributed by atoms with E-state index in [2.05, 4.69) is 4.74 Å². The van der Waals surface area contributed by atoms with E-state index >= 15 is 0 Å². The zero-order valence-electron chi connectivity index (χ0n) is 6.94. The fraction of sp³-hybridized carbons (Fsp3) is 0.857. The van der Waals surface area contributed by atoms with Crippen molar-refractivity contribution in [2.24, 2.45) is 5.92 Å². The highest BCUT2D eigenvalue weighted by Crippen LogP contribution is 2.32. The third kappa shape index (κ3) is 5.92. The van der Waals surface area contributed by atoms with Gasteiger partial charge in [-0.25, -0.2) is 0 Å². The van der Waals surface area contributed by atoms with Gasteiger partial charge in [0.1, 0.15) is 0 Å². The van der Waals surface area contributed by atoms with E-state index in [9.17, 15) is 4.79 Å². The summed E-state index contributed by atoms with van der Waals surface area (Å²) >= 11 is 16.5. The summed E-state index contributed by atoms with van der Waals surface area (Å²) in [7, 11) is 1.34. The van der Waals surface area contributed by atoms with Gasteiger partial charge >= 0.3 is 5.97 Å². The van der Waals surface area contributed by atoms with Crippen LogP contribution >= 0.6 is 34.8 Å². The molecule has 1 atom stereocenters. The lowest BCUT2D eigenvalue weighted by atomic mass is 10.1. The highest BCUT2D eigenvalue weighted by Gasteiger charge is 2.23. The Balaban J connectivity index is 3.72. The number of alkyl halides is 3. The van der Waals surface area contributed by atoms with Crippen molar-refractivity contribution in [2.45, 2.75) is 23.6 Å². The van der Waals surface area contributed by atoms with Crippen LogP contribution in [0.25, 0.3) is 0 Å². The van der Waals surface area contributed by atoms with Crippen LogP contribution in [0.5, 0.6) is 0 Å². The zero-order chi connectivity index (χ0) is 9.78. The van der Waals surface area contributed by atoms with Crippen molar-refractivity contribution in [1.29, 1.82) is 0 Å². The predicted octanol–water partition coefficient (Wildman–Crippen LogP) is 2.95. The normalized spacial score (nSPS) is 14.1. The van der Waals surface area contributed by atoms with E-state index in [-0.39, 0.29) is 11.9 Å². The number of rotatable bonds is 3. The summed E-state index contributed by atoms with van der Waals surface area (Å²) in [5.74, 6) is -0.491. The summed E-state index contributed by atoms with van der Waals surface area (Å²) in [5, 5.41) is 0. The maximum absolute atomic E-state index is 10.9. The number of methoxy groups -OCH3 is 1. The monoisotopic (exact) mass is 232 g/mol. The molecule has 0 amide bonds. The second kappa shape index (κ2) is 5.15. The Bertz CT molecular complexity index is 153. The minimum Gasteiger partial charge on any atom is -0.469 e. The van der Waals surface area contributed by atoms with E-state index in [1.165, 1.54) is 7.11 Å². The Morgan fingerprint density at radius 1 is 1.50 bits per heavy atom. The molecule has 0 saturated heterocycles. The average molecular weight is 234 g/mol. The maximum atomic E-state index is 10.9. The smallest absolute Gasteiger partial charge is 0.308 e. The molecule has 72 valence electrons. The van der Waals surface area contributed by atoms with Crippen LogP contribution in [0.4, 0.5) is 0 Å². The van der Waals surface area contributed by atoms with Gasteiger partial charge in [0, 0.05) is 0 Å². The van der Waals surface area contributed by atoms with Gasteiger partial charge in [0.25, 0.3) is 0 Å². The average Bonchev–Trinajstić information content (AvgIpc) is 1.97. The first-order valence-electron chi connectivity index (χ1n) is 3.51. The Kier molecular flexibility index (Phi) is 5.30. The van der Waals surface area contributed by atoms with E-state index in [1.54, 1.807) is 6.92 Å². The molecule has 0 aliphatic carbocycles. The molecular formula is C7H11Cl3O2. The number of carbonyl (C=O) groups is 1. The topological polar surface area (TPSA) is 26.3 Å². The summed E-state index contributed by atoms with van der Waals surface area (Å²) in [6, 6.07) is 0. The molecular weight excluding hydrogens is 222 g/mol. The van der Waals surface area contributed by atoms with Crippen LogP contribution in [0, 0.1) is 5.92 Å². The molecule has 12 heavy (non-hydrogen) atoms. The molecule has 0 fully saturated rings. The molecule has 5 heteroatoms. The quantitative estimate of drug-likeness (QED) is 0.553. The standard InChI is InChI=1S/C7H11Cl3O2/c1-5(6(11)12-2)3-4-7(8,9)10/h5H,3-4H2,1-2H3/t5-/m0/s1. The molecule has 0 unspecified atom stereocenters. The number of ether oxygens (including phenoxy) is 1. The van der Waals surface area contributed by atoms with E-state index in [4.69, 9.17) is 34.8 Å². The molecule has 2 nitrogen and oxygen atoms in total. The van der Waals surface area contributed by atoms with Crippen LogP contribution in [0.1, 0.15) is 19.8 Å². The largest absolute Gasteiger partial charge is 0.469 e. The molecule has 0 aliphatic heterocycles. The molecule has 0 radical (unpaired) electrons. The molecule has 0 spiro atoms. The Labute approximate surface area is 87.1 Å². The summed E-state index contributed by atoms with van der Waals surface area (Å²) < 4.78 is 3.23. The summed E-state index contributed by atoms with van der Waals surface area (Å²) in [4.78, 5) is 10.9. The number of halogens is 3. The van der Waals surface area contributed by atoms with Gasteiger partial charge in [-0.2, -0.15) is 0 Å². The summed E-state index contributed by atoms with van der Waals surface area (Å²) in [6.07, 6.45) is 0.872. The Morgan fingerprint density at radius 2 is 2.00 bits per heavy atom. The lowest BCUT2D eigenvalue weighted by molar-refractivity contribution is -0.145. The van der Waals surface area contributed by atoms with Crippen LogP contribution in [-0.4, -0.2) is 16.9 Å². The minimum atomic E-state index is -1.28. The fourth-order valence-electron chi connectivity index (χ4n) is 0.699. The van der Waals surface area contributed by atoms with E-state index < -0.39 is 3.79 Å². The third-order valence-electron chi connectivity index (χ3n) is 1.46. The van der Waals surface area contributed by atoms with Crippen molar-refractivity contribution in [3.8, 4) is 0 Å². The van der Waals surface area contributed by atoms with Gasteiger partial charge in [0.05, 0.1) is 13.0 Å². The molecule has 0 aliphatic rings. The lowest BCUT2D eigenvalue weighted by Gasteiger charge is -2.13. The highest BCUT2D eigenvalue weighted by atomic mass is 35.6. The number of esters is 1. The zero-order valence-corrected chi connectivity index (χ0v) is 9.21. The molecule has 0 aromatic heterocycles. The number of hydrogen-bond acceptors (Lipinski definition) is 2. The van der Waals surface area contributed by atoms with Crippen molar-refractivity contribution >= 4 is 40.8 Å². The van der Waals surface area contributed by atoms with Gasteiger partial charge in [-0.1, -0.05) is 41.7 Å². The van der Waals surface area contributed by atoms with Crippen LogP contribution < -0.4 is 0 Å². The second-order valence-electron chi connectivity index (χ2n) is 2.58. The highest BCUT2D eigenvalue weighted by molar-refractivity contribution is 6.67. The van der Waals surface area contributed by atoms with Gasteiger partial charge in [0.15, 0.2) is 3.79 Å².